The van der Waals surface area contributed by atoms with Crippen LogP contribution in [0.5, 0.6) is 0 Å². The third kappa shape index (κ3) is 2.57. The molecule has 0 atom stereocenters. The lowest BCUT2D eigenvalue weighted by Gasteiger charge is -2.11. The number of hydrogen-bond acceptors (Lipinski definition) is 3. The first-order chi connectivity index (χ1) is 10.4. The highest BCUT2D eigenvalue weighted by Gasteiger charge is 2.18. The van der Waals surface area contributed by atoms with Gasteiger partial charge in [-0.25, -0.2) is 13.4 Å². The summed E-state index contributed by atoms with van der Waals surface area (Å²) >= 11 is 0. The molecule has 0 saturated heterocycles. The summed E-state index contributed by atoms with van der Waals surface area (Å²) in [5.74, 6) is 0.796. The Balaban J connectivity index is 2.00. The lowest BCUT2D eigenvalue weighted by molar-refractivity contribution is 0.600. The van der Waals surface area contributed by atoms with Gasteiger partial charge in [0.25, 0.3) is 10.0 Å². The molecule has 0 unspecified atom stereocenters. The second kappa shape index (κ2) is 5.14. The van der Waals surface area contributed by atoms with Crippen molar-refractivity contribution in [2.24, 2.45) is 0 Å². The first kappa shape index (κ1) is 14.6. The molecule has 114 valence electrons. The Labute approximate surface area is 129 Å². The average Bonchev–Trinajstić information content (AvgIpc) is 2.80. The highest BCUT2D eigenvalue weighted by atomic mass is 32.2. The number of nitrogens with one attached hydrogen (secondary N) is 2. The Morgan fingerprint density at radius 1 is 1.09 bits per heavy atom. The molecule has 0 amide bonds. The monoisotopic (exact) mass is 315 g/mol. The molecule has 0 bridgehead atoms. The van der Waals surface area contributed by atoms with E-state index in [1.165, 1.54) is 0 Å². The fourth-order valence-corrected chi connectivity index (χ4v) is 3.80. The molecule has 0 aliphatic carbocycles. The summed E-state index contributed by atoms with van der Waals surface area (Å²) in [5.41, 5.74) is 3.83. The Hall–Kier alpha value is -2.34. The molecule has 22 heavy (non-hydrogen) atoms. The van der Waals surface area contributed by atoms with Crippen LogP contribution >= 0.6 is 0 Å². The van der Waals surface area contributed by atoms with Gasteiger partial charge in [-0.15, -0.1) is 0 Å². The number of aryl methyl sites for hydroxylation is 2. The fraction of sp³-hybridized carbons (Fsp3) is 0.188. The van der Waals surface area contributed by atoms with Crippen LogP contribution in [0, 0.1) is 20.8 Å². The van der Waals surface area contributed by atoms with Gasteiger partial charge in [0.05, 0.1) is 21.6 Å². The summed E-state index contributed by atoms with van der Waals surface area (Å²) in [4.78, 5) is 7.70. The van der Waals surface area contributed by atoms with Crippen LogP contribution in [-0.4, -0.2) is 18.4 Å². The van der Waals surface area contributed by atoms with Gasteiger partial charge in [-0.1, -0.05) is 12.1 Å². The fourth-order valence-electron chi connectivity index (χ4n) is 2.43. The molecule has 5 nitrogen and oxygen atoms in total. The van der Waals surface area contributed by atoms with Crippen LogP contribution < -0.4 is 4.72 Å². The first-order valence-electron chi connectivity index (χ1n) is 6.92. The van der Waals surface area contributed by atoms with E-state index in [4.69, 9.17) is 0 Å². The van der Waals surface area contributed by atoms with E-state index in [0.717, 1.165) is 28.0 Å². The quantitative estimate of drug-likeness (QED) is 0.779. The van der Waals surface area contributed by atoms with Crippen molar-refractivity contribution in [1.82, 2.24) is 9.97 Å². The second-order valence-corrected chi connectivity index (χ2v) is 7.01. The number of hydrogen-bond donors (Lipinski definition) is 2. The van der Waals surface area contributed by atoms with Gasteiger partial charge in [-0.2, -0.15) is 0 Å². The van der Waals surface area contributed by atoms with Crippen LogP contribution in [0.15, 0.2) is 41.3 Å². The molecular formula is C16H17N3O2S. The lowest BCUT2D eigenvalue weighted by Crippen LogP contribution is -2.14. The predicted octanol–water partition coefficient (Wildman–Crippen LogP) is 3.29. The molecule has 3 rings (SSSR count). The number of nitrogens with zero attached hydrogens (tertiary/aromatic N) is 1. The molecule has 0 saturated carbocycles. The number of aromatic amines is 1. The van der Waals surface area contributed by atoms with Crippen molar-refractivity contribution < 1.29 is 8.42 Å². The predicted molar refractivity (Wildman–Crippen MR) is 87.6 cm³/mol. The standard InChI is InChI=1S/C16H17N3O2S/c1-10-5-4-6-16(11(10)2)22(20,21)19-13-7-8-14-15(9-13)18-12(3)17-14/h4-9,19H,1-3H3,(H,17,18). The van der Waals surface area contributed by atoms with Crippen molar-refractivity contribution in [1.29, 1.82) is 0 Å². The zero-order chi connectivity index (χ0) is 15.9. The number of anilines is 1. The average molecular weight is 315 g/mol. The van der Waals surface area contributed by atoms with Crippen molar-refractivity contribution in [3.8, 4) is 0 Å². The molecule has 0 aliphatic heterocycles. The van der Waals surface area contributed by atoms with E-state index < -0.39 is 10.0 Å². The van der Waals surface area contributed by atoms with Gasteiger partial charge in [0.15, 0.2) is 0 Å². The molecule has 0 fully saturated rings. The molecule has 3 aromatic rings. The van der Waals surface area contributed by atoms with Gasteiger partial charge < -0.3 is 4.98 Å². The van der Waals surface area contributed by atoms with Crippen LogP contribution in [0.3, 0.4) is 0 Å². The number of fused-ring (bicyclic) bond motifs is 1. The lowest BCUT2D eigenvalue weighted by atomic mass is 10.1. The molecular weight excluding hydrogens is 298 g/mol. The number of imidazole rings is 1. The second-order valence-electron chi connectivity index (χ2n) is 5.36. The summed E-state index contributed by atoms with van der Waals surface area (Å²) in [6.07, 6.45) is 0. The molecule has 1 aromatic heterocycles. The van der Waals surface area contributed by atoms with Crippen molar-refractivity contribution in [3.63, 3.8) is 0 Å². The highest BCUT2D eigenvalue weighted by Crippen LogP contribution is 2.23. The Kier molecular flexibility index (Phi) is 3.41. The molecule has 2 aromatic carbocycles. The Morgan fingerprint density at radius 2 is 1.86 bits per heavy atom. The summed E-state index contributed by atoms with van der Waals surface area (Å²) < 4.78 is 27.8. The minimum Gasteiger partial charge on any atom is -0.342 e. The van der Waals surface area contributed by atoms with E-state index in [1.807, 2.05) is 26.8 Å². The number of aromatic nitrogens is 2. The van der Waals surface area contributed by atoms with Gasteiger partial charge >= 0.3 is 0 Å². The van der Waals surface area contributed by atoms with E-state index in [2.05, 4.69) is 14.7 Å². The third-order valence-corrected chi connectivity index (χ3v) is 5.22. The van der Waals surface area contributed by atoms with E-state index in [9.17, 15) is 8.42 Å². The minimum absolute atomic E-state index is 0.299. The molecule has 0 aliphatic rings. The SMILES string of the molecule is Cc1nc2ccc(NS(=O)(=O)c3cccc(C)c3C)cc2[nH]1. The van der Waals surface area contributed by atoms with Crippen LogP contribution in [-0.2, 0) is 10.0 Å². The van der Waals surface area contributed by atoms with Gasteiger partial charge in [0, 0.05) is 0 Å². The Morgan fingerprint density at radius 3 is 2.64 bits per heavy atom. The van der Waals surface area contributed by atoms with E-state index >= 15 is 0 Å². The molecule has 6 heteroatoms. The summed E-state index contributed by atoms with van der Waals surface area (Å²) in [5, 5.41) is 0. The van der Waals surface area contributed by atoms with Crippen molar-refractivity contribution in [2.45, 2.75) is 25.7 Å². The smallest absolute Gasteiger partial charge is 0.262 e. The maximum absolute atomic E-state index is 12.6. The number of rotatable bonds is 3. The van der Waals surface area contributed by atoms with Crippen molar-refractivity contribution in [3.05, 3.63) is 53.3 Å². The van der Waals surface area contributed by atoms with Crippen molar-refractivity contribution in [2.75, 3.05) is 4.72 Å². The maximum Gasteiger partial charge on any atom is 0.262 e. The Bertz CT molecular complexity index is 959. The number of H-pyrrole nitrogens is 1. The topological polar surface area (TPSA) is 74.8 Å². The largest absolute Gasteiger partial charge is 0.342 e. The van der Waals surface area contributed by atoms with Crippen LogP contribution in [0.25, 0.3) is 11.0 Å². The summed E-state index contributed by atoms with van der Waals surface area (Å²) in [6.45, 7) is 5.57. The van der Waals surface area contributed by atoms with Gasteiger partial charge in [-0.3, -0.25) is 4.72 Å². The van der Waals surface area contributed by atoms with Crippen LogP contribution in [0.2, 0.25) is 0 Å². The van der Waals surface area contributed by atoms with Gasteiger partial charge in [0.1, 0.15) is 5.82 Å². The van der Waals surface area contributed by atoms with E-state index in [0.29, 0.717) is 10.6 Å². The molecule has 1 heterocycles. The van der Waals surface area contributed by atoms with Crippen molar-refractivity contribution >= 4 is 26.7 Å². The van der Waals surface area contributed by atoms with Crippen LogP contribution in [0.4, 0.5) is 5.69 Å². The summed E-state index contributed by atoms with van der Waals surface area (Å²) in [7, 11) is -3.61. The maximum atomic E-state index is 12.6. The van der Waals surface area contributed by atoms with Gasteiger partial charge in [-0.05, 0) is 56.2 Å². The molecule has 2 N–H and O–H groups in total. The number of benzene rings is 2. The van der Waals surface area contributed by atoms with E-state index in [-0.39, 0.29) is 0 Å². The molecule has 0 spiro atoms. The highest BCUT2D eigenvalue weighted by molar-refractivity contribution is 7.92. The van der Waals surface area contributed by atoms with Crippen LogP contribution in [0.1, 0.15) is 17.0 Å². The minimum atomic E-state index is -3.61. The zero-order valence-electron chi connectivity index (χ0n) is 12.6. The zero-order valence-corrected chi connectivity index (χ0v) is 13.5. The van der Waals surface area contributed by atoms with Gasteiger partial charge in [0.2, 0.25) is 0 Å². The van der Waals surface area contributed by atoms with E-state index in [1.54, 1.807) is 30.3 Å². The normalized spacial score (nSPS) is 11.8. The third-order valence-electron chi connectivity index (χ3n) is 3.70. The summed E-state index contributed by atoms with van der Waals surface area (Å²) in [6, 6.07) is 10.5. The first-order valence-corrected chi connectivity index (χ1v) is 8.40. The number of sulfonamides is 1. The molecule has 0 radical (unpaired) electrons.